The zero-order valence-electron chi connectivity index (χ0n) is 11.3. The Bertz CT molecular complexity index is 826. The van der Waals surface area contributed by atoms with Crippen LogP contribution in [0.25, 0.3) is 0 Å². The van der Waals surface area contributed by atoms with E-state index in [1.165, 1.54) is 24.4 Å². The lowest BCUT2D eigenvalue weighted by atomic mass is 10.1. The number of nitriles is 1. The first-order valence-electron chi connectivity index (χ1n) is 6.13. The highest BCUT2D eigenvalue weighted by atomic mass is 79.9. The van der Waals surface area contributed by atoms with E-state index in [0.717, 1.165) is 6.07 Å². The summed E-state index contributed by atoms with van der Waals surface area (Å²) in [6, 6.07) is 8.26. The second-order valence-electron chi connectivity index (χ2n) is 4.34. The Morgan fingerprint density at radius 3 is 2.78 bits per heavy atom. The van der Waals surface area contributed by atoms with Gasteiger partial charge in [0.15, 0.2) is 0 Å². The van der Waals surface area contributed by atoms with E-state index in [0.29, 0.717) is 10.0 Å². The molecule has 0 aliphatic carbocycles. The number of benzene rings is 2. The number of hydrazone groups is 1. The first kappa shape index (κ1) is 16.9. The molecule has 0 aliphatic rings. The average Bonchev–Trinajstić information content (AvgIpc) is 2.52. The van der Waals surface area contributed by atoms with Gasteiger partial charge in [-0.3, -0.25) is 4.79 Å². The predicted molar refractivity (Wildman–Crippen MR) is 87.0 cm³/mol. The minimum atomic E-state index is -0.813. The van der Waals surface area contributed by atoms with Gasteiger partial charge in [-0.2, -0.15) is 10.4 Å². The number of carbonyl (C=O) groups is 1. The third kappa shape index (κ3) is 4.06. The van der Waals surface area contributed by atoms with E-state index < -0.39 is 11.7 Å². The number of hydrogen-bond donors (Lipinski definition) is 2. The van der Waals surface area contributed by atoms with Gasteiger partial charge in [0, 0.05) is 0 Å². The van der Waals surface area contributed by atoms with Crippen molar-refractivity contribution in [1.82, 2.24) is 5.43 Å². The molecule has 8 heteroatoms. The molecule has 0 radical (unpaired) electrons. The smallest absolute Gasteiger partial charge is 0.274 e. The number of rotatable bonds is 3. The number of amides is 1. The zero-order chi connectivity index (χ0) is 17.0. The van der Waals surface area contributed by atoms with Crippen LogP contribution in [0.15, 0.2) is 39.9 Å². The number of hydrogen-bond acceptors (Lipinski definition) is 4. The summed E-state index contributed by atoms with van der Waals surface area (Å²) < 4.78 is 14.0. The predicted octanol–water partition coefficient (Wildman–Crippen LogP) is 3.58. The van der Waals surface area contributed by atoms with Gasteiger partial charge in [0.05, 0.1) is 32.9 Å². The summed E-state index contributed by atoms with van der Waals surface area (Å²) in [5.41, 5.74) is 2.57. The van der Waals surface area contributed by atoms with Crippen LogP contribution in [0.3, 0.4) is 0 Å². The lowest BCUT2D eigenvalue weighted by Crippen LogP contribution is -2.19. The average molecular weight is 397 g/mol. The summed E-state index contributed by atoms with van der Waals surface area (Å²) in [5, 5.41) is 22.0. The maximum absolute atomic E-state index is 13.7. The lowest BCUT2D eigenvalue weighted by Gasteiger charge is -2.03. The Balaban J connectivity index is 2.12. The molecule has 0 fully saturated rings. The Morgan fingerprint density at radius 2 is 2.17 bits per heavy atom. The van der Waals surface area contributed by atoms with Crippen LogP contribution >= 0.6 is 27.5 Å². The molecule has 0 heterocycles. The van der Waals surface area contributed by atoms with Gasteiger partial charge >= 0.3 is 0 Å². The molecule has 0 aromatic heterocycles. The lowest BCUT2D eigenvalue weighted by molar-refractivity contribution is 0.0951. The van der Waals surface area contributed by atoms with Crippen molar-refractivity contribution in [2.24, 2.45) is 5.10 Å². The van der Waals surface area contributed by atoms with Crippen molar-refractivity contribution in [3.05, 3.63) is 62.3 Å². The van der Waals surface area contributed by atoms with Gasteiger partial charge in [-0.15, -0.1) is 0 Å². The quantitative estimate of drug-likeness (QED) is 0.614. The third-order valence-corrected chi connectivity index (χ3v) is 3.65. The monoisotopic (exact) mass is 395 g/mol. The van der Waals surface area contributed by atoms with Gasteiger partial charge in [0.25, 0.3) is 5.91 Å². The summed E-state index contributed by atoms with van der Waals surface area (Å²) >= 11 is 8.92. The van der Waals surface area contributed by atoms with E-state index in [9.17, 15) is 14.3 Å². The standard InChI is InChI=1S/C15H8BrClFN3O2/c16-11-3-9(4-12(17)14(11)22)7-20-21-15(23)10-2-1-8(6-19)5-13(10)18/h1-5,7,22H,(H,21,23)/b20-7-. The van der Waals surface area contributed by atoms with Crippen LogP contribution in [0.4, 0.5) is 4.39 Å². The molecule has 2 aromatic rings. The molecule has 0 saturated carbocycles. The van der Waals surface area contributed by atoms with Gasteiger partial charge in [-0.05, 0) is 51.8 Å². The third-order valence-electron chi connectivity index (χ3n) is 2.76. The second kappa shape index (κ2) is 7.22. The van der Waals surface area contributed by atoms with Crippen molar-refractivity contribution >= 4 is 39.7 Å². The van der Waals surface area contributed by atoms with E-state index in [-0.39, 0.29) is 21.9 Å². The number of nitrogens with one attached hydrogen (secondary N) is 1. The number of phenolic OH excluding ortho intramolecular Hbond substituents is 1. The van der Waals surface area contributed by atoms with Crippen LogP contribution in [0.2, 0.25) is 5.02 Å². The fourth-order valence-electron chi connectivity index (χ4n) is 1.65. The minimum Gasteiger partial charge on any atom is -0.505 e. The minimum absolute atomic E-state index is 0.104. The maximum Gasteiger partial charge on any atom is 0.274 e. The molecule has 23 heavy (non-hydrogen) atoms. The Kier molecular flexibility index (Phi) is 5.32. The zero-order valence-corrected chi connectivity index (χ0v) is 13.7. The first-order valence-corrected chi connectivity index (χ1v) is 7.30. The molecule has 0 spiro atoms. The number of carbonyl (C=O) groups excluding carboxylic acids is 1. The molecular weight excluding hydrogens is 389 g/mol. The molecule has 0 aliphatic heterocycles. The van der Waals surface area contributed by atoms with Crippen molar-refractivity contribution in [3.63, 3.8) is 0 Å². The largest absolute Gasteiger partial charge is 0.505 e. The Morgan fingerprint density at radius 1 is 1.43 bits per heavy atom. The molecule has 0 saturated heterocycles. The van der Waals surface area contributed by atoms with Crippen molar-refractivity contribution in [3.8, 4) is 11.8 Å². The summed E-state index contributed by atoms with van der Waals surface area (Å²) in [6.45, 7) is 0. The fraction of sp³-hybridized carbons (Fsp3) is 0. The molecule has 2 aromatic carbocycles. The second-order valence-corrected chi connectivity index (χ2v) is 5.60. The first-order chi connectivity index (χ1) is 10.9. The van der Waals surface area contributed by atoms with E-state index in [4.69, 9.17) is 16.9 Å². The molecule has 116 valence electrons. The number of phenols is 1. The molecule has 0 bridgehead atoms. The normalized spacial score (nSPS) is 10.5. The Hall–Kier alpha value is -2.43. The molecule has 2 rings (SSSR count). The van der Waals surface area contributed by atoms with E-state index >= 15 is 0 Å². The number of nitrogens with zero attached hydrogens (tertiary/aromatic N) is 2. The van der Waals surface area contributed by atoms with E-state index in [2.05, 4.69) is 26.5 Å². The van der Waals surface area contributed by atoms with Crippen molar-refractivity contribution in [2.45, 2.75) is 0 Å². The van der Waals surface area contributed by atoms with Gasteiger partial charge in [-0.25, -0.2) is 9.82 Å². The topological polar surface area (TPSA) is 85.5 Å². The maximum atomic E-state index is 13.7. The molecule has 1 amide bonds. The van der Waals surface area contributed by atoms with E-state index in [1.807, 2.05) is 0 Å². The van der Waals surface area contributed by atoms with Crippen LogP contribution in [0.1, 0.15) is 21.5 Å². The number of halogens is 3. The van der Waals surface area contributed by atoms with Crippen LogP contribution in [0, 0.1) is 17.1 Å². The van der Waals surface area contributed by atoms with Crippen LogP contribution in [-0.2, 0) is 0 Å². The summed E-state index contributed by atoms with van der Waals surface area (Å²) in [7, 11) is 0. The van der Waals surface area contributed by atoms with Gasteiger partial charge < -0.3 is 5.11 Å². The Labute approximate surface area is 144 Å². The fourth-order valence-corrected chi connectivity index (χ4v) is 2.47. The van der Waals surface area contributed by atoms with Gasteiger partial charge in [-0.1, -0.05) is 11.6 Å². The van der Waals surface area contributed by atoms with Crippen LogP contribution in [-0.4, -0.2) is 17.2 Å². The van der Waals surface area contributed by atoms with Crippen LogP contribution in [0.5, 0.6) is 5.75 Å². The highest BCUT2D eigenvalue weighted by Gasteiger charge is 2.11. The van der Waals surface area contributed by atoms with Gasteiger partial charge in [0.2, 0.25) is 0 Å². The van der Waals surface area contributed by atoms with Crippen molar-refractivity contribution < 1.29 is 14.3 Å². The molecular formula is C15H8BrClFN3O2. The summed E-state index contributed by atoms with van der Waals surface area (Å²) in [5.74, 6) is -1.67. The highest BCUT2D eigenvalue weighted by molar-refractivity contribution is 9.10. The van der Waals surface area contributed by atoms with Crippen molar-refractivity contribution in [1.29, 1.82) is 5.26 Å². The van der Waals surface area contributed by atoms with E-state index in [1.54, 1.807) is 12.1 Å². The summed E-state index contributed by atoms with van der Waals surface area (Å²) in [6.07, 6.45) is 1.29. The molecule has 5 nitrogen and oxygen atoms in total. The van der Waals surface area contributed by atoms with Gasteiger partial charge in [0.1, 0.15) is 11.6 Å². The number of aromatic hydroxyl groups is 1. The highest BCUT2D eigenvalue weighted by Crippen LogP contribution is 2.32. The molecule has 0 unspecified atom stereocenters. The summed E-state index contributed by atoms with van der Waals surface area (Å²) in [4.78, 5) is 11.8. The molecule has 0 atom stereocenters. The molecule has 2 N–H and O–H groups in total. The van der Waals surface area contributed by atoms with Crippen molar-refractivity contribution in [2.75, 3.05) is 0 Å². The SMILES string of the molecule is N#Cc1ccc(C(=O)N/N=C\c2cc(Cl)c(O)c(Br)c2)c(F)c1. The van der Waals surface area contributed by atoms with Crippen LogP contribution < -0.4 is 5.43 Å².